The SMILES string of the molecule is N#CC1=CCCN1CC1CCCCC1. The number of allylic oxidation sites excluding steroid dienone is 1. The maximum atomic E-state index is 8.91. The molecule has 0 atom stereocenters. The van der Waals surface area contributed by atoms with E-state index in [1.807, 2.05) is 0 Å². The molecule has 1 aliphatic carbocycles. The van der Waals surface area contributed by atoms with Gasteiger partial charge in [-0.1, -0.05) is 19.3 Å². The zero-order valence-corrected chi connectivity index (χ0v) is 8.71. The van der Waals surface area contributed by atoms with Gasteiger partial charge in [0.25, 0.3) is 0 Å². The fourth-order valence-electron chi connectivity index (χ4n) is 2.59. The molecule has 0 bridgehead atoms. The highest BCUT2D eigenvalue weighted by Gasteiger charge is 2.20. The molecule has 2 aliphatic rings. The highest BCUT2D eigenvalue weighted by Crippen LogP contribution is 2.26. The molecule has 0 N–H and O–H groups in total. The summed E-state index contributed by atoms with van der Waals surface area (Å²) in [7, 11) is 0. The quantitative estimate of drug-likeness (QED) is 0.669. The van der Waals surface area contributed by atoms with Crippen molar-refractivity contribution >= 4 is 0 Å². The topological polar surface area (TPSA) is 27.0 Å². The Labute approximate surface area is 86.2 Å². The van der Waals surface area contributed by atoms with Crippen LogP contribution in [0.5, 0.6) is 0 Å². The summed E-state index contributed by atoms with van der Waals surface area (Å²) in [6.45, 7) is 2.19. The van der Waals surface area contributed by atoms with E-state index in [1.165, 1.54) is 32.1 Å². The molecule has 2 heteroatoms. The van der Waals surface area contributed by atoms with E-state index in [1.54, 1.807) is 0 Å². The predicted octanol–water partition coefficient (Wildman–Crippen LogP) is 2.68. The Morgan fingerprint density at radius 3 is 2.86 bits per heavy atom. The van der Waals surface area contributed by atoms with E-state index in [0.717, 1.165) is 31.1 Å². The molecule has 1 fully saturated rings. The summed E-state index contributed by atoms with van der Waals surface area (Å²) in [5.41, 5.74) is 0.913. The lowest BCUT2D eigenvalue weighted by molar-refractivity contribution is 0.258. The fourth-order valence-corrected chi connectivity index (χ4v) is 2.59. The van der Waals surface area contributed by atoms with Crippen LogP contribution in [0.15, 0.2) is 11.8 Å². The van der Waals surface area contributed by atoms with Crippen molar-refractivity contribution in [2.75, 3.05) is 13.1 Å². The highest BCUT2D eigenvalue weighted by molar-refractivity contribution is 5.23. The third-order valence-electron chi connectivity index (χ3n) is 3.40. The Kier molecular flexibility index (Phi) is 3.08. The molecule has 2 nitrogen and oxygen atoms in total. The lowest BCUT2D eigenvalue weighted by atomic mass is 9.89. The Morgan fingerprint density at radius 2 is 2.14 bits per heavy atom. The first-order valence-corrected chi connectivity index (χ1v) is 5.75. The summed E-state index contributed by atoms with van der Waals surface area (Å²) in [5, 5.41) is 8.91. The number of rotatable bonds is 2. The van der Waals surface area contributed by atoms with Gasteiger partial charge in [0.1, 0.15) is 11.8 Å². The lowest BCUT2D eigenvalue weighted by Gasteiger charge is -2.28. The van der Waals surface area contributed by atoms with E-state index in [2.05, 4.69) is 17.0 Å². The zero-order chi connectivity index (χ0) is 9.80. The Balaban J connectivity index is 1.85. The minimum absolute atomic E-state index is 0.846. The third kappa shape index (κ3) is 2.09. The van der Waals surface area contributed by atoms with Crippen LogP contribution in [0.1, 0.15) is 38.5 Å². The second-order valence-corrected chi connectivity index (χ2v) is 4.44. The molecule has 0 saturated heterocycles. The molecular weight excluding hydrogens is 172 g/mol. The standard InChI is InChI=1S/C12H18N2/c13-9-12-7-4-8-14(12)10-11-5-2-1-3-6-11/h7,11H,1-6,8,10H2. The van der Waals surface area contributed by atoms with Crippen LogP contribution in [0.25, 0.3) is 0 Å². The molecule has 0 aromatic rings. The molecule has 1 saturated carbocycles. The van der Waals surface area contributed by atoms with Crippen LogP contribution in [0, 0.1) is 17.2 Å². The molecule has 0 aromatic heterocycles. The van der Waals surface area contributed by atoms with Crippen molar-refractivity contribution < 1.29 is 0 Å². The van der Waals surface area contributed by atoms with Gasteiger partial charge in [-0.05, 0) is 31.3 Å². The van der Waals surface area contributed by atoms with Crippen LogP contribution < -0.4 is 0 Å². The van der Waals surface area contributed by atoms with Crippen molar-refractivity contribution in [2.24, 2.45) is 5.92 Å². The van der Waals surface area contributed by atoms with E-state index < -0.39 is 0 Å². The summed E-state index contributed by atoms with van der Waals surface area (Å²) in [6.07, 6.45) is 10.1. The summed E-state index contributed by atoms with van der Waals surface area (Å²) >= 11 is 0. The molecular formula is C12H18N2. The molecule has 0 amide bonds. The molecule has 76 valence electrons. The first kappa shape index (κ1) is 9.58. The van der Waals surface area contributed by atoms with E-state index in [0.29, 0.717) is 0 Å². The van der Waals surface area contributed by atoms with Gasteiger partial charge in [-0.2, -0.15) is 5.26 Å². The average Bonchev–Trinajstić information content (AvgIpc) is 2.67. The van der Waals surface area contributed by atoms with Gasteiger partial charge >= 0.3 is 0 Å². The van der Waals surface area contributed by atoms with Crippen LogP contribution in [0.4, 0.5) is 0 Å². The van der Waals surface area contributed by atoms with E-state index in [4.69, 9.17) is 5.26 Å². The largest absolute Gasteiger partial charge is 0.363 e. The highest BCUT2D eigenvalue weighted by atomic mass is 15.1. The van der Waals surface area contributed by atoms with E-state index in [9.17, 15) is 0 Å². The van der Waals surface area contributed by atoms with Gasteiger partial charge in [0.05, 0.1) is 0 Å². The average molecular weight is 190 g/mol. The second-order valence-electron chi connectivity index (χ2n) is 4.44. The predicted molar refractivity (Wildman–Crippen MR) is 56.5 cm³/mol. The molecule has 1 aliphatic heterocycles. The van der Waals surface area contributed by atoms with Crippen molar-refractivity contribution in [3.8, 4) is 6.07 Å². The Hall–Kier alpha value is -0.970. The Bertz CT molecular complexity index is 256. The molecule has 1 heterocycles. The van der Waals surface area contributed by atoms with Gasteiger partial charge in [0.2, 0.25) is 0 Å². The van der Waals surface area contributed by atoms with Crippen LogP contribution in [0.2, 0.25) is 0 Å². The van der Waals surface area contributed by atoms with Crippen molar-refractivity contribution in [2.45, 2.75) is 38.5 Å². The number of nitriles is 1. The molecule has 0 unspecified atom stereocenters. The maximum Gasteiger partial charge on any atom is 0.117 e. The number of hydrogen-bond acceptors (Lipinski definition) is 2. The number of hydrogen-bond donors (Lipinski definition) is 0. The van der Waals surface area contributed by atoms with Crippen LogP contribution >= 0.6 is 0 Å². The normalized spacial score (nSPS) is 23.4. The molecule has 2 rings (SSSR count). The lowest BCUT2D eigenvalue weighted by Crippen LogP contribution is -2.27. The first-order chi connectivity index (χ1) is 6.90. The smallest absolute Gasteiger partial charge is 0.117 e. The molecule has 0 radical (unpaired) electrons. The molecule has 0 aromatic carbocycles. The van der Waals surface area contributed by atoms with Crippen molar-refractivity contribution in [1.82, 2.24) is 4.90 Å². The van der Waals surface area contributed by atoms with Crippen LogP contribution in [-0.2, 0) is 0 Å². The molecule has 14 heavy (non-hydrogen) atoms. The van der Waals surface area contributed by atoms with Gasteiger partial charge in [0.15, 0.2) is 0 Å². The monoisotopic (exact) mass is 190 g/mol. The van der Waals surface area contributed by atoms with Crippen LogP contribution in [-0.4, -0.2) is 18.0 Å². The second kappa shape index (κ2) is 4.50. The van der Waals surface area contributed by atoms with Crippen LogP contribution in [0.3, 0.4) is 0 Å². The minimum atomic E-state index is 0.846. The summed E-state index contributed by atoms with van der Waals surface area (Å²) in [6, 6.07) is 2.29. The third-order valence-corrected chi connectivity index (χ3v) is 3.40. The van der Waals surface area contributed by atoms with Gasteiger partial charge in [-0.25, -0.2) is 0 Å². The van der Waals surface area contributed by atoms with Gasteiger partial charge in [0, 0.05) is 13.1 Å². The van der Waals surface area contributed by atoms with Gasteiger partial charge in [-0.3, -0.25) is 0 Å². The molecule has 0 spiro atoms. The first-order valence-electron chi connectivity index (χ1n) is 5.75. The summed E-state index contributed by atoms with van der Waals surface area (Å²) in [4.78, 5) is 2.27. The van der Waals surface area contributed by atoms with Crippen molar-refractivity contribution in [1.29, 1.82) is 5.26 Å². The minimum Gasteiger partial charge on any atom is -0.363 e. The van der Waals surface area contributed by atoms with E-state index >= 15 is 0 Å². The van der Waals surface area contributed by atoms with Gasteiger partial charge < -0.3 is 4.90 Å². The van der Waals surface area contributed by atoms with Crippen molar-refractivity contribution in [3.63, 3.8) is 0 Å². The number of nitrogens with zero attached hydrogens (tertiary/aromatic N) is 2. The van der Waals surface area contributed by atoms with Crippen molar-refractivity contribution in [3.05, 3.63) is 11.8 Å². The summed E-state index contributed by atoms with van der Waals surface area (Å²) in [5.74, 6) is 0.846. The summed E-state index contributed by atoms with van der Waals surface area (Å²) < 4.78 is 0. The zero-order valence-electron chi connectivity index (χ0n) is 8.71. The van der Waals surface area contributed by atoms with E-state index in [-0.39, 0.29) is 0 Å². The maximum absolute atomic E-state index is 8.91. The van der Waals surface area contributed by atoms with Gasteiger partial charge in [-0.15, -0.1) is 0 Å². The Morgan fingerprint density at radius 1 is 1.36 bits per heavy atom. The fraction of sp³-hybridized carbons (Fsp3) is 0.750.